The Kier molecular flexibility index (Phi) is 4.95. The van der Waals surface area contributed by atoms with Gasteiger partial charge < -0.3 is 20.7 Å². The molecule has 0 spiro atoms. The standard InChI is InChI=1S/C14H19N3O3/c15-9-11-3-1-2-4-12(11)20-10-14(19)17-7-5-13(18)16-6-8-17/h1-4H,5-10,15H2,(H,16,18). The van der Waals surface area contributed by atoms with Crippen molar-refractivity contribution in [3.8, 4) is 5.75 Å². The highest BCUT2D eigenvalue weighted by molar-refractivity contribution is 5.81. The number of nitrogens with two attached hydrogens (primary N) is 1. The quantitative estimate of drug-likeness (QED) is 0.803. The van der Waals surface area contributed by atoms with Gasteiger partial charge in [0.1, 0.15) is 5.75 Å². The average Bonchev–Trinajstić information content (AvgIpc) is 2.70. The zero-order valence-corrected chi connectivity index (χ0v) is 11.3. The van der Waals surface area contributed by atoms with Crippen molar-refractivity contribution >= 4 is 11.8 Å². The number of carbonyl (C=O) groups excluding carboxylic acids is 2. The molecular formula is C14H19N3O3. The summed E-state index contributed by atoms with van der Waals surface area (Å²) in [4.78, 5) is 24.9. The molecule has 0 aromatic heterocycles. The molecule has 2 rings (SSSR count). The smallest absolute Gasteiger partial charge is 0.260 e. The maximum absolute atomic E-state index is 12.1. The van der Waals surface area contributed by atoms with Crippen molar-refractivity contribution in [2.45, 2.75) is 13.0 Å². The molecule has 0 saturated carbocycles. The predicted molar refractivity (Wildman–Crippen MR) is 74.0 cm³/mol. The highest BCUT2D eigenvalue weighted by atomic mass is 16.5. The van der Waals surface area contributed by atoms with Gasteiger partial charge in [0.2, 0.25) is 5.91 Å². The van der Waals surface area contributed by atoms with Gasteiger partial charge in [0, 0.05) is 38.2 Å². The Morgan fingerprint density at radius 1 is 1.35 bits per heavy atom. The lowest BCUT2D eigenvalue weighted by atomic mass is 10.2. The minimum Gasteiger partial charge on any atom is -0.483 e. The molecule has 2 amide bonds. The number of ether oxygens (including phenoxy) is 1. The van der Waals surface area contributed by atoms with Crippen LogP contribution in [0.4, 0.5) is 0 Å². The Morgan fingerprint density at radius 2 is 2.15 bits per heavy atom. The summed E-state index contributed by atoms with van der Waals surface area (Å²) < 4.78 is 5.53. The zero-order valence-electron chi connectivity index (χ0n) is 11.3. The summed E-state index contributed by atoms with van der Waals surface area (Å²) in [5, 5.41) is 2.73. The monoisotopic (exact) mass is 277 g/mol. The van der Waals surface area contributed by atoms with Crippen LogP contribution in [0.15, 0.2) is 24.3 Å². The van der Waals surface area contributed by atoms with Crippen molar-refractivity contribution in [3.63, 3.8) is 0 Å². The minimum absolute atomic E-state index is 0.0188. The Hall–Kier alpha value is -2.08. The topological polar surface area (TPSA) is 84.7 Å². The lowest BCUT2D eigenvalue weighted by molar-refractivity contribution is -0.133. The van der Waals surface area contributed by atoms with Gasteiger partial charge in [-0.2, -0.15) is 0 Å². The number of rotatable bonds is 4. The normalized spacial score (nSPS) is 15.4. The van der Waals surface area contributed by atoms with Gasteiger partial charge in [-0.1, -0.05) is 18.2 Å². The van der Waals surface area contributed by atoms with Crippen molar-refractivity contribution in [1.29, 1.82) is 0 Å². The summed E-state index contributed by atoms with van der Waals surface area (Å²) in [6, 6.07) is 7.38. The molecule has 3 N–H and O–H groups in total. The average molecular weight is 277 g/mol. The maximum Gasteiger partial charge on any atom is 0.260 e. The van der Waals surface area contributed by atoms with E-state index in [0.717, 1.165) is 5.56 Å². The molecule has 6 nitrogen and oxygen atoms in total. The van der Waals surface area contributed by atoms with Crippen LogP contribution in [0, 0.1) is 0 Å². The molecule has 0 aliphatic carbocycles. The molecule has 6 heteroatoms. The van der Waals surface area contributed by atoms with E-state index in [-0.39, 0.29) is 18.4 Å². The van der Waals surface area contributed by atoms with Crippen LogP contribution in [0.3, 0.4) is 0 Å². The first-order chi connectivity index (χ1) is 9.70. The summed E-state index contributed by atoms with van der Waals surface area (Å²) in [6.45, 7) is 1.78. The number of nitrogens with zero attached hydrogens (tertiary/aromatic N) is 1. The van der Waals surface area contributed by atoms with E-state index < -0.39 is 0 Å². The van der Waals surface area contributed by atoms with E-state index in [4.69, 9.17) is 10.5 Å². The zero-order chi connectivity index (χ0) is 14.4. The SMILES string of the molecule is NCc1ccccc1OCC(=O)N1CCNC(=O)CC1. The first-order valence-electron chi connectivity index (χ1n) is 6.66. The first-order valence-corrected chi connectivity index (χ1v) is 6.66. The molecule has 1 aliphatic rings. The molecule has 0 atom stereocenters. The van der Waals surface area contributed by atoms with Crippen LogP contribution in [0.25, 0.3) is 0 Å². The van der Waals surface area contributed by atoms with E-state index in [9.17, 15) is 9.59 Å². The highest BCUT2D eigenvalue weighted by Gasteiger charge is 2.18. The van der Waals surface area contributed by atoms with Crippen molar-refractivity contribution < 1.29 is 14.3 Å². The van der Waals surface area contributed by atoms with Gasteiger partial charge >= 0.3 is 0 Å². The molecule has 20 heavy (non-hydrogen) atoms. The lowest BCUT2D eigenvalue weighted by Crippen LogP contribution is -2.37. The lowest BCUT2D eigenvalue weighted by Gasteiger charge is -2.20. The van der Waals surface area contributed by atoms with E-state index in [1.54, 1.807) is 11.0 Å². The molecule has 0 radical (unpaired) electrons. The van der Waals surface area contributed by atoms with Crippen LogP contribution in [0.5, 0.6) is 5.75 Å². The van der Waals surface area contributed by atoms with Crippen LogP contribution in [0.2, 0.25) is 0 Å². The Labute approximate surface area is 117 Å². The first kappa shape index (κ1) is 14.3. The van der Waals surface area contributed by atoms with Crippen molar-refractivity contribution in [3.05, 3.63) is 29.8 Å². The van der Waals surface area contributed by atoms with E-state index in [1.807, 2.05) is 18.2 Å². The summed E-state index contributed by atoms with van der Waals surface area (Å²) in [7, 11) is 0. The minimum atomic E-state index is -0.117. The van der Waals surface area contributed by atoms with Crippen molar-refractivity contribution in [2.24, 2.45) is 5.73 Å². The molecule has 1 fully saturated rings. The van der Waals surface area contributed by atoms with E-state index >= 15 is 0 Å². The molecular weight excluding hydrogens is 258 g/mol. The van der Waals surface area contributed by atoms with Crippen LogP contribution < -0.4 is 15.8 Å². The molecule has 1 aliphatic heterocycles. The number of benzene rings is 1. The van der Waals surface area contributed by atoms with Crippen LogP contribution in [-0.2, 0) is 16.1 Å². The highest BCUT2D eigenvalue weighted by Crippen LogP contribution is 2.17. The fraction of sp³-hybridized carbons (Fsp3) is 0.429. The largest absolute Gasteiger partial charge is 0.483 e. The second-order valence-corrected chi connectivity index (χ2v) is 4.58. The van der Waals surface area contributed by atoms with Gasteiger partial charge in [0.15, 0.2) is 6.61 Å². The third-order valence-electron chi connectivity index (χ3n) is 3.21. The maximum atomic E-state index is 12.1. The molecule has 1 aromatic rings. The molecule has 0 unspecified atom stereocenters. The summed E-state index contributed by atoms with van der Waals surface area (Å²) in [5.41, 5.74) is 6.48. The fourth-order valence-corrected chi connectivity index (χ4v) is 2.06. The summed E-state index contributed by atoms with van der Waals surface area (Å²) >= 11 is 0. The number of hydrogen-bond donors (Lipinski definition) is 2. The van der Waals surface area contributed by atoms with Gasteiger partial charge in [-0.05, 0) is 6.07 Å². The summed E-state index contributed by atoms with van der Waals surface area (Å²) in [5.74, 6) is 0.496. The van der Waals surface area contributed by atoms with Crippen molar-refractivity contribution in [1.82, 2.24) is 10.2 Å². The molecule has 1 saturated heterocycles. The van der Waals surface area contributed by atoms with E-state index in [1.165, 1.54) is 0 Å². The van der Waals surface area contributed by atoms with Crippen LogP contribution in [0.1, 0.15) is 12.0 Å². The van der Waals surface area contributed by atoms with Gasteiger partial charge in [-0.3, -0.25) is 9.59 Å². The Balaban J connectivity index is 1.89. The number of nitrogens with one attached hydrogen (secondary N) is 1. The van der Waals surface area contributed by atoms with Gasteiger partial charge in [-0.25, -0.2) is 0 Å². The third kappa shape index (κ3) is 3.71. The summed E-state index contributed by atoms with van der Waals surface area (Å²) in [6.07, 6.45) is 0.338. The Bertz CT molecular complexity index is 490. The number of carbonyl (C=O) groups is 2. The number of hydrogen-bond acceptors (Lipinski definition) is 4. The van der Waals surface area contributed by atoms with E-state index in [0.29, 0.717) is 38.3 Å². The number of para-hydroxylation sites is 1. The molecule has 108 valence electrons. The molecule has 1 heterocycles. The Morgan fingerprint density at radius 3 is 2.95 bits per heavy atom. The second kappa shape index (κ2) is 6.91. The van der Waals surface area contributed by atoms with Gasteiger partial charge in [0.25, 0.3) is 5.91 Å². The van der Waals surface area contributed by atoms with Gasteiger partial charge in [0.05, 0.1) is 0 Å². The third-order valence-corrected chi connectivity index (χ3v) is 3.21. The van der Waals surface area contributed by atoms with Crippen molar-refractivity contribution in [2.75, 3.05) is 26.2 Å². The molecule has 1 aromatic carbocycles. The van der Waals surface area contributed by atoms with Gasteiger partial charge in [-0.15, -0.1) is 0 Å². The van der Waals surface area contributed by atoms with Crippen LogP contribution >= 0.6 is 0 Å². The fourth-order valence-electron chi connectivity index (χ4n) is 2.06. The second-order valence-electron chi connectivity index (χ2n) is 4.58. The number of amides is 2. The molecule has 0 bridgehead atoms. The van der Waals surface area contributed by atoms with Crippen LogP contribution in [-0.4, -0.2) is 43.0 Å². The van der Waals surface area contributed by atoms with E-state index in [2.05, 4.69) is 5.32 Å². The predicted octanol–water partition coefficient (Wildman–Crippen LogP) is -0.127.